The van der Waals surface area contributed by atoms with Crippen LogP contribution in [0, 0.1) is 0 Å². The highest BCUT2D eigenvalue weighted by Gasteiger charge is 2.18. The predicted molar refractivity (Wildman–Crippen MR) is 93.0 cm³/mol. The van der Waals surface area contributed by atoms with Crippen LogP contribution in [0.15, 0.2) is 23.6 Å². The van der Waals surface area contributed by atoms with Crippen LogP contribution in [0.2, 0.25) is 0 Å². The number of amides is 1. The molecule has 2 N–H and O–H groups in total. The van der Waals surface area contributed by atoms with Crippen LogP contribution < -0.4 is 0 Å². The summed E-state index contributed by atoms with van der Waals surface area (Å²) in [7, 11) is 1.76. The molecule has 0 spiro atoms. The standard InChI is InChI=1S/C17H23N3O2S/c1-17(2,3)15-8-13(18-19-15)9-20(4)16(22)6-5-14-7-12(10-21)11-23-14/h5-8,11,21H,9-10H2,1-4H3,(H,18,19)/b6-5+. The largest absolute Gasteiger partial charge is 0.392 e. The Morgan fingerprint density at radius 3 is 2.74 bits per heavy atom. The number of aromatic amines is 1. The van der Waals surface area contributed by atoms with Gasteiger partial charge < -0.3 is 10.0 Å². The lowest BCUT2D eigenvalue weighted by atomic mass is 9.92. The number of H-pyrrole nitrogens is 1. The van der Waals surface area contributed by atoms with Crippen LogP contribution in [0.4, 0.5) is 0 Å². The number of likely N-dealkylation sites (N-methyl/N-ethyl adjacent to an activating group) is 1. The SMILES string of the molecule is CN(Cc1cc(C(C)(C)C)n[nH]1)C(=O)/C=C/c1cc(CO)cs1. The molecule has 6 heteroatoms. The third-order valence-electron chi connectivity index (χ3n) is 3.43. The van der Waals surface area contributed by atoms with Gasteiger partial charge in [0.2, 0.25) is 5.91 Å². The Hall–Kier alpha value is -1.92. The molecule has 0 aliphatic rings. The fraction of sp³-hybridized carbons (Fsp3) is 0.412. The monoisotopic (exact) mass is 333 g/mol. The molecule has 1 amide bonds. The molecule has 5 nitrogen and oxygen atoms in total. The van der Waals surface area contributed by atoms with Crippen LogP contribution >= 0.6 is 11.3 Å². The van der Waals surface area contributed by atoms with Gasteiger partial charge in [-0.05, 0) is 29.2 Å². The van der Waals surface area contributed by atoms with Crippen LogP contribution in [0.1, 0.15) is 42.6 Å². The number of carbonyl (C=O) groups is 1. The first kappa shape index (κ1) is 17.4. The smallest absolute Gasteiger partial charge is 0.246 e. The van der Waals surface area contributed by atoms with E-state index in [2.05, 4.69) is 31.0 Å². The van der Waals surface area contributed by atoms with Crippen molar-refractivity contribution in [3.63, 3.8) is 0 Å². The van der Waals surface area contributed by atoms with Crippen molar-refractivity contribution in [2.24, 2.45) is 0 Å². The summed E-state index contributed by atoms with van der Waals surface area (Å²) in [6.45, 7) is 6.82. The molecule has 23 heavy (non-hydrogen) atoms. The lowest BCUT2D eigenvalue weighted by Crippen LogP contribution is -2.24. The molecule has 124 valence electrons. The van der Waals surface area contributed by atoms with Gasteiger partial charge in [-0.15, -0.1) is 11.3 Å². The first-order chi connectivity index (χ1) is 10.8. The molecule has 2 rings (SSSR count). The normalized spacial score (nSPS) is 12.0. The van der Waals surface area contributed by atoms with E-state index in [1.54, 1.807) is 24.1 Å². The van der Waals surface area contributed by atoms with Gasteiger partial charge in [-0.25, -0.2) is 0 Å². The average molecular weight is 333 g/mol. The molecule has 0 bridgehead atoms. The fourth-order valence-corrected chi connectivity index (χ4v) is 2.80. The molecule has 0 saturated carbocycles. The highest BCUT2D eigenvalue weighted by molar-refractivity contribution is 7.11. The summed E-state index contributed by atoms with van der Waals surface area (Å²) in [4.78, 5) is 14.7. The minimum Gasteiger partial charge on any atom is -0.392 e. The van der Waals surface area contributed by atoms with Gasteiger partial charge in [-0.1, -0.05) is 20.8 Å². The summed E-state index contributed by atoms with van der Waals surface area (Å²) in [6, 6.07) is 3.87. The number of aliphatic hydroxyl groups is 1. The Morgan fingerprint density at radius 1 is 1.43 bits per heavy atom. The van der Waals surface area contributed by atoms with E-state index >= 15 is 0 Å². The second-order valence-electron chi connectivity index (χ2n) is 6.57. The van der Waals surface area contributed by atoms with Gasteiger partial charge in [0.05, 0.1) is 24.5 Å². The number of nitrogens with one attached hydrogen (secondary N) is 1. The molecule has 0 atom stereocenters. The molecular formula is C17H23N3O2S. The summed E-state index contributed by atoms with van der Waals surface area (Å²) in [5.41, 5.74) is 2.75. The predicted octanol–water partition coefficient (Wildman–Crippen LogP) is 2.93. The maximum atomic E-state index is 12.2. The summed E-state index contributed by atoms with van der Waals surface area (Å²) in [6.07, 6.45) is 3.32. The number of thiophene rings is 1. The lowest BCUT2D eigenvalue weighted by molar-refractivity contribution is -0.125. The van der Waals surface area contributed by atoms with Crippen molar-refractivity contribution in [1.82, 2.24) is 15.1 Å². The van der Waals surface area contributed by atoms with E-state index < -0.39 is 0 Å². The van der Waals surface area contributed by atoms with Crippen LogP contribution in [0.5, 0.6) is 0 Å². The minimum absolute atomic E-state index is 0.0131. The maximum Gasteiger partial charge on any atom is 0.246 e. The van der Waals surface area contributed by atoms with Gasteiger partial charge in [0.15, 0.2) is 0 Å². The molecule has 0 aromatic carbocycles. The number of aromatic nitrogens is 2. The van der Waals surface area contributed by atoms with E-state index in [0.29, 0.717) is 6.54 Å². The van der Waals surface area contributed by atoms with Crippen LogP contribution in [-0.4, -0.2) is 33.2 Å². The lowest BCUT2D eigenvalue weighted by Gasteiger charge is -2.14. The summed E-state index contributed by atoms with van der Waals surface area (Å²) in [5.74, 6) is -0.0733. The van der Waals surface area contributed by atoms with Crippen molar-refractivity contribution in [2.75, 3.05) is 7.05 Å². The summed E-state index contributed by atoms with van der Waals surface area (Å²) >= 11 is 1.50. The molecule has 2 aromatic heterocycles. The van der Waals surface area contributed by atoms with Gasteiger partial charge >= 0.3 is 0 Å². The van der Waals surface area contributed by atoms with Gasteiger partial charge in [0, 0.05) is 23.4 Å². The number of hydrogen-bond donors (Lipinski definition) is 2. The van der Waals surface area contributed by atoms with Crippen molar-refractivity contribution >= 4 is 23.3 Å². The van der Waals surface area contributed by atoms with Gasteiger partial charge in [-0.3, -0.25) is 9.89 Å². The molecule has 2 aromatic rings. The zero-order valence-corrected chi connectivity index (χ0v) is 14.8. The molecule has 0 aliphatic heterocycles. The number of carbonyl (C=O) groups excluding carboxylic acids is 1. The molecule has 0 fully saturated rings. The second kappa shape index (κ2) is 7.10. The molecule has 0 radical (unpaired) electrons. The van der Waals surface area contributed by atoms with E-state index in [-0.39, 0.29) is 17.9 Å². The van der Waals surface area contributed by atoms with Crippen molar-refractivity contribution < 1.29 is 9.90 Å². The van der Waals surface area contributed by atoms with Crippen molar-refractivity contribution in [1.29, 1.82) is 0 Å². The highest BCUT2D eigenvalue weighted by Crippen LogP contribution is 2.20. The number of hydrogen-bond acceptors (Lipinski definition) is 4. The zero-order valence-electron chi connectivity index (χ0n) is 14.0. The quantitative estimate of drug-likeness (QED) is 0.827. The van der Waals surface area contributed by atoms with Crippen molar-refractivity contribution in [3.8, 4) is 0 Å². The third-order valence-corrected chi connectivity index (χ3v) is 4.38. The third kappa shape index (κ3) is 4.77. The second-order valence-corrected chi connectivity index (χ2v) is 7.51. The Kier molecular flexibility index (Phi) is 5.38. The van der Waals surface area contributed by atoms with Gasteiger partial charge in [0.25, 0.3) is 0 Å². The van der Waals surface area contributed by atoms with Gasteiger partial charge in [0.1, 0.15) is 0 Å². The molecule has 2 heterocycles. The molecular weight excluding hydrogens is 310 g/mol. The maximum absolute atomic E-state index is 12.2. The molecule has 0 aliphatic carbocycles. The van der Waals surface area contributed by atoms with Crippen LogP contribution in [0.25, 0.3) is 6.08 Å². The number of rotatable bonds is 5. The van der Waals surface area contributed by atoms with Crippen molar-refractivity contribution in [3.05, 3.63) is 45.4 Å². The topological polar surface area (TPSA) is 69.2 Å². The average Bonchev–Trinajstić information content (AvgIpc) is 3.12. The van der Waals surface area contributed by atoms with E-state index in [4.69, 9.17) is 5.11 Å². The summed E-state index contributed by atoms with van der Waals surface area (Å²) in [5, 5.41) is 18.2. The Balaban J connectivity index is 1.95. The number of aliphatic hydroxyl groups excluding tert-OH is 1. The van der Waals surface area contributed by atoms with E-state index in [1.807, 2.05) is 17.5 Å². The fourth-order valence-electron chi connectivity index (χ4n) is 2.01. The Labute approximate surface area is 140 Å². The first-order valence-corrected chi connectivity index (χ1v) is 8.34. The highest BCUT2D eigenvalue weighted by atomic mass is 32.1. The van der Waals surface area contributed by atoms with E-state index in [1.165, 1.54) is 11.3 Å². The Morgan fingerprint density at radius 2 is 2.17 bits per heavy atom. The van der Waals surface area contributed by atoms with E-state index in [0.717, 1.165) is 21.8 Å². The zero-order chi connectivity index (χ0) is 17.0. The molecule has 0 unspecified atom stereocenters. The Bertz CT molecular complexity index is 695. The number of nitrogens with zero attached hydrogens (tertiary/aromatic N) is 2. The molecule has 0 saturated heterocycles. The minimum atomic E-state index is -0.0733. The van der Waals surface area contributed by atoms with Crippen LogP contribution in [-0.2, 0) is 23.4 Å². The van der Waals surface area contributed by atoms with Crippen molar-refractivity contribution in [2.45, 2.75) is 39.3 Å². The first-order valence-electron chi connectivity index (χ1n) is 7.46. The van der Waals surface area contributed by atoms with E-state index in [9.17, 15) is 4.79 Å². The van der Waals surface area contributed by atoms with Crippen LogP contribution in [0.3, 0.4) is 0 Å². The summed E-state index contributed by atoms with van der Waals surface area (Å²) < 4.78 is 0. The van der Waals surface area contributed by atoms with Gasteiger partial charge in [-0.2, -0.15) is 5.10 Å².